The van der Waals surface area contributed by atoms with Crippen LogP contribution in [0.2, 0.25) is 0 Å². The number of carboxylic acids is 1. The molecule has 18 heavy (non-hydrogen) atoms. The summed E-state index contributed by atoms with van der Waals surface area (Å²) < 4.78 is 0. The third-order valence-electron chi connectivity index (χ3n) is 2.58. The number of nitrogens with zero attached hydrogens (tertiary/aromatic N) is 1. The quantitative estimate of drug-likeness (QED) is 0.813. The van der Waals surface area contributed by atoms with Crippen molar-refractivity contribution in [1.29, 1.82) is 0 Å². The molecule has 2 N–H and O–H groups in total. The summed E-state index contributed by atoms with van der Waals surface area (Å²) >= 11 is 0.928. The summed E-state index contributed by atoms with van der Waals surface area (Å²) in [5.41, 5.74) is 0. The summed E-state index contributed by atoms with van der Waals surface area (Å²) in [5.74, 6) is -1.52. The molecule has 0 unspecified atom stereocenters. The minimum absolute atomic E-state index is 0.0269. The Kier molecular flexibility index (Phi) is 3.61. The van der Waals surface area contributed by atoms with E-state index in [1.165, 1.54) is 17.0 Å². The van der Waals surface area contributed by atoms with Crippen LogP contribution < -0.4 is 5.32 Å². The molecule has 2 rings (SSSR count). The number of hydrogen-bond acceptors (Lipinski definition) is 4. The molecule has 1 aliphatic heterocycles. The van der Waals surface area contributed by atoms with E-state index in [1.54, 1.807) is 0 Å². The van der Waals surface area contributed by atoms with Crippen LogP contribution in [-0.4, -0.2) is 47.4 Å². The van der Waals surface area contributed by atoms with Gasteiger partial charge in [0.25, 0.3) is 5.91 Å². The number of carbonyl (C=O) groups excluding carboxylic acids is 2. The Labute approximate surface area is 107 Å². The molecule has 6 nitrogen and oxygen atoms in total. The van der Waals surface area contributed by atoms with Crippen molar-refractivity contribution in [2.24, 2.45) is 0 Å². The van der Waals surface area contributed by atoms with Crippen LogP contribution in [0.3, 0.4) is 0 Å². The maximum Gasteiger partial charge on any atom is 0.345 e. The summed E-state index contributed by atoms with van der Waals surface area (Å²) in [4.78, 5) is 36.1. The van der Waals surface area contributed by atoms with Gasteiger partial charge in [0.15, 0.2) is 0 Å². The summed E-state index contributed by atoms with van der Waals surface area (Å²) in [5, 5.41) is 11.5. The van der Waals surface area contributed by atoms with Gasteiger partial charge in [-0.25, -0.2) is 4.79 Å². The predicted octanol–water partition coefficient (Wildman–Crippen LogP) is 0.408. The first kappa shape index (κ1) is 12.6. The number of hydrogen-bond donors (Lipinski definition) is 2. The molecule has 2 heterocycles. The van der Waals surface area contributed by atoms with E-state index >= 15 is 0 Å². The lowest BCUT2D eigenvalue weighted by atomic mass is 10.3. The number of rotatable bonds is 2. The SMILES string of the molecule is O=C1CN(C(=O)c2ccc(C(=O)O)s2)CCCN1. The Bertz CT molecular complexity index is 497. The minimum Gasteiger partial charge on any atom is -0.477 e. The van der Waals surface area contributed by atoms with Crippen LogP contribution in [0.1, 0.15) is 25.8 Å². The number of nitrogens with one attached hydrogen (secondary N) is 1. The molecule has 0 radical (unpaired) electrons. The Balaban J connectivity index is 2.13. The lowest BCUT2D eigenvalue weighted by Crippen LogP contribution is -2.37. The van der Waals surface area contributed by atoms with Crippen molar-refractivity contribution in [3.8, 4) is 0 Å². The highest BCUT2D eigenvalue weighted by Gasteiger charge is 2.22. The van der Waals surface area contributed by atoms with Gasteiger partial charge in [-0.3, -0.25) is 9.59 Å². The number of carboxylic acid groups (broad SMARTS) is 1. The Hall–Kier alpha value is -1.89. The van der Waals surface area contributed by atoms with Crippen LogP contribution in [0.4, 0.5) is 0 Å². The average Bonchev–Trinajstić information content (AvgIpc) is 2.72. The first-order chi connectivity index (χ1) is 8.58. The van der Waals surface area contributed by atoms with Crippen molar-refractivity contribution in [2.45, 2.75) is 6.42 Å². The Morgan fingerprint density at radius 1 is 1.33 bits per heavy atom. The van der Waals surface area contributed by atoms with Gasteiger partial charge >= 0.3 is 5.97 Å². The highest BCUT2D eigenvalue weighted by Crippen LogP contribution is 2.18. The van der Waals surface area contributed by atoms with Gasteiger partial charge in [-0.2, -0.15) is 0 Å². The number of carbonyl (C=O) groups is 3. The molecule has 0 aromatic carbocycles. The molecule has 2 amide bonds. The molecule has 0 bridgehead atoms. The molecule has 0 atom stereocenters. The van der Waals surface area contributed by atoms with Gasteiger partial charge in [-0.05, 0) is 18.6 Å². The maximum absolute atomic E-state index is 12.1. The van der Waals surface area contributed by atoms with Gasteiger partial charge in [0.05, 0.1) is 11.4 Å². The van der Waals surface area contributed by atoms with Crippen LogP contribution in [0, 0.1) is 0 Å². The van der Waals surface area contributed by atoms with E-state index in [0.717, 1.165) is 11.3 Å². The number of amides is 2. The second kappa shape index (κ2) is 5.18. The number of aromatic carboxylic acids is 1. The molecule has 0 saturated carbocycles. The third kappa shape index (κ3) is 2.67. The van der Waals surface area contributed by atoms with Crippen LogP contribution in [-0.2, 0) is 4.79 Å². The lowest BCUT2D eigenvalue weighted by Gasteiger charge is -2.17. The van der Waals surface area contributed by atoms with E-state index in [1.807, 2.05) is 0 Å². The number of thiophene rings is 1. The molecule has 1 aromatic rings. The molecule has 0 aliphatic carbocycles. The first-order valence-corrected chi connectivity index (χ1v) is 6.28. The van der Waals surface area contributed by atoms with E-state index in [-0.39, 0.29) is 23.2 Å². The van der Waals surface area contributed by atoms with Crippen LogP contribution in [0.25, 0.3) is 0 Å². The fraction of sp³-hybridized carbons (Fsp3) is 0.364. The van der Waals surface area contributed by atoms with Gasteiger partial charge in [-0.15, -0.1) is 11.3 Å². The highest BCUT2D eigenvalue weighted by molar-refractivity contribution is 7.15. The standard InChI is InChI=1S/C11H12N2O4S/c14-9-6-13(5-1-4-12-9)10(15)7-2-3-8(18-7)11(16)17/h2-3H,1,4-6H2,(H,12,14)(H,16,17). The van der Waals surface area contributed by atoms with Crippen molar-refractivity contribution in [2.75, 3.05) is 19.6 Å². The average molecular weight is 268 g/mol. The fourth-order valence-corrected chi connectivity index (χ4v) is 2.52. The molecule has 1 aromatic heterocycles. The third-order valence-corrected chi connectivity index (χ3v) is 3.64. The van der Waals surface area contributed by atoms with Crippen molar-refractivity contribution in [3.05, 3.63) is 21.9 Å². The largest absolute Gasteiger partial charge is 0.477 e. The van der Waals surface area contributed by atoms with Gasteiger partial charge < -0.3 is 15.3 Å². The zero-order chi connectivity index (χ0) is 13.1. The highest BCUT2D eigenvalue weighted by atomic mass is 32.1. The fourth-order valence-electron chi connectivity index (χ4n) is 1.70. The Morgan fingerprint density at radius 2 is 2.06 bits per heavy atom. The zero-order valence-corrected chi connectivity index (χ0v) is 10.3. The smallest absolute Gasteiger partial charge is 0.345 e. The van der Waals surface area contributed by atoms with Crippen molar-refractivity contribution < 1.29 is 19.5 Å². The van der Waals surface area contributed by atoms with E-state index < -0.39 is 5.97 Å². The summed E-state index contributed by atoms with van der Waals surface area (Å²) in [6.07, 6.45) is 0.703. The maximum atomic E-state index is 12.1. The monoisotopic (exact) mass is 268 g/mol. The van der Waals surface area contributed by atoms with E-state index in [9.17, 15) is 14.4 Å². The first-order valence-electron chi connectivity index (χ1n) is 5.47. The molecule has 7 heteroatoms. The lowest BCUT2D eigenvalue weighted by molar-refractivity contribution is -0.121. The van der Waals surface area contributed by atoms with E-state index in [0.29, 0.717) is 24.4 Å². The molecule has 1 saturated heterocycles. The summed E-state index contributed by atoms with van der Waals surface area (Å²) in [6.45, 7) is 1.09. The summed E-state index contributed by atoms with van der Waals surface area (Å²) in [6, 6.07) is 2.89. The van der Waals surface area contributed by atoms with Crippen molar-refractivity contribution in [1.82, 2.24) is 10.2 Å². The normalized spacial score (nSPS) is 16.0. The summed E-state index contributed by atoms with van der Waals surface area (Å²) in [7, 11) is 0. The van der Waals surface area contributed by atoms with E-state index in [4.69, 9.17) is 5.11 Å². The molecule has 1 aliphatic rings. The van der Waals surface area contributed by atoms with Crippen LogP contribution in [0.15, 0.2) is 12.1 Å². The topological polar surface area (TPSA) is 86.7 Å². The second-order valence-corrected chi connectivity index (χ2v) is 4.98. The van der Waals surface area contributed by atoms with Gasteiger partial charge in [-0.1, -0.05) is 0 Å². The molecule has 0 spiro atoms. The second-order valence-electron chi connectivity index (χ2n) is 3.90. The molecular weight excluding hydrogens is 256 g/mol. The van der Waals surface area contributed by atoms with Crippen LogP contribution >= 0.6 is 11.3 Å². The minimum atomic E-state index is -1.05. The van der Waals surface area contributed by atoms with Gasteiger partial charge in [0.2, 0.25) is 5.91 Å². The van der Waals surface area contributed by atoms with Gasteiger partial charge in [0, 0.05) is 13.1 Å². The van der Waals surface area contributed by atoms with Gasteiger partial charge in [0.1, 0.15) is 4.88 Å². The van der Waals surface area contributed by atoms with Crippen molar-refractivity contribution in [3.63, 3.8) is 0 Å². The van der Waals surface area contributed by atoms with Crippen molar-refractivity contribution >= 4 is 29.1 Å². The van der Waals surface area contributed by atoms with E-state index in [2.05, 4.69) is 5.32 Å². The molecule has 96 valence electrons. The zero-order valence-electron chi connectivity index (χ0n) is 9.51. The molecular formula is C11H12N2O4S. The molecule has 1 fully saturated rings. The predicted molar refractivity (Wildman–Crippen MR) is 64.8 cm³/mol. The van der Waals surface area contributed by atoms with Crippen LogP contribution in [0.5, 0.6) is 0 Å². The Morgan fingerprint density at radius 3 is 2.72 bits per heavy atom.